The molecule has 1 heterocycles. The molecule has 2 aromatic rings. The van der Waals surface area contributed by atoms with Crippen molar-refractivity contribution in [1.82, 2.24) is 4.98 Å². The monoisotopic (exact) mass is 273 g/mol. The van der Waals surface area contributed by atoms with Crippen LogP contribution in [-0.4, -0.2) is 23.6 Å². The summed E-state index contributed by atoms with van der Waals surface area (Å²) in [7, 11) is 1.59. The molecule has 0 aliphatic carbocycles. The van der Waals surface area contributed by atoms with E-state index in [0.717, 1.165) is 5.39 Å². The second kappa shape index (κ2) is 5.46. The van der Waals surface area contributed by atoms with Crippen molar-refractivity contribution in [3.63, 3.8) is 0 Å². The summed E-state index contributed by atoms with van der Waals surface area (Å²) < 4.78 is 5.26. The number of ether oxygens (including phenoxy) is 1. The molecule has 0 atom stereocenters. The number of pyridine rings is 1. The molecule has 3 N–H and O–H groups in total. The van der Waals surface area contributed by atoms with Crippen molar-refractivity contribution < 1.29 is 9.53 Å². The molecule has 0 aliphatic heterocycles. The largest absolute Gasteiger partial charge is 0.397 e. The molecule has 20 heavy (non-hydrogen) atoms. The predicted molar refractivity (Wildman–Crippen MR) is 80.5 cm³/mol. The SMILES string of the molecule is COC(C)(C)CC(=O)Nc1ccc(N)c2ncccc12. The highest BCUT2D eigenvalue weighted by Gasteiger charge is 2.21. The summed E-state index contributed by atoms with van der Waals surface area (Å²) in [5.74, 6) is -0.105. The van der Waals surface area contributed by atoms with Crippen LogP contribution in [0.25, 0.3) is 10.9 Å². The van der Waals surface area contributed by atoms with Gasteiger partial charge in [-0.2, -0.15) is 0 Å². The van der Waals surface area contributed by atoms with Crippen molar-refractivity contribution in [3.05, 3.63) is 30.5 Å². The standard InChI is InChI=1S/C15H19N3O2/c1-15(2,20-3)9-13(19)18-12-7-6-11(16)14-10(12)5-4-8-17-14/h4-8H,9,16H2,1-3H3,(H,18,19). The number of benzene rings is 1. The molecule has 0 unspecified atom stereocenters. The maximum Gasteiger partial charge on any atom is 0.227 e. The molecule has 0 bridgehead atoms. The maximum absolute atomic E-state index is 12.1. The first-order valence-electron chi connectivity index (χ1n) is 6.41. The fourth-order valence-electron chi connectivity index (χ4n) is 1.96. The number of nitrogens with two attached hydrogens (primary N) is 1. The number of nitrogens with zero attached hydrogens (tertiary/aromatic N) is 1. The highest BCUT2D eigenvalue weighted by molar-refractivity contribution is 6.04. The van der Waals surface area contributed by atoms with Crippen LogP contribution < -0.4 is 11.1 Å². The number of nitrogens with one attached hydrogen (secondary N) is 1. The molecule has 1 amide bonds. The van der Waals surface area contributed by atoms with E-state index in [0.29, 0.717) is 16.9 Å². The zero-order valence-corrected chi connectivity index (χ0v) is 11.9. The second-order valence-corrected chi connectivity index (χ2v) is 5.29. The molecule has 0 saturated heterocycles. The van der Waals surface area contributed by atoms with Crippen LogP contribution in [-0.2, 0) is 9.53 Å². The van der Waals surface area contributed by atoms with E-state index in [1.165, 1.54) is 0 Å². The van der Waals surface area contributed by atoms with E-state index in [1.54, 1.807) is 25.4 Å². The summed E-state index contributed by atoms with van der Waals surface area (Å²) in [4.78, 5) is 16.3. The van der Waals surface area contributed by atoms with Crippen LogP contribution in [0, 0.1) is 0 Å². The number of aromatic nitrogens is 1. The average molecular weight is 273 g/mol. The van der Waals surface area contributed by atoms with Gasteiger partial charge in [-0.25, -0.2) is 0 Å². The zero-order chi connectivity index (χ0) is 14.8. The van der Waals surface area contributed by atoms with Crippen LogP contribution in [0.1, 0.15) is 20.3 Å². The highest BCUT2D eigenvalue weighted by atomic mass is 16.5. The lowest BCUT2D eigenvalue weighted by Crippen LogP contribution is -2.29. The molecule has 0 fully saturated rings. The van der Waals surface area contributed by atoms with E-state index >= 15 is 0 Å². The number of carbonyl (C=O) groups excluding carboxylic acids is 1. The third-order valence-corrected chi connectivity index (χ3v) is 3.21. The number of amides is 1. The van der Waals surface area contributed by atoms with E-state index in [1.807, 2.05) is 26.0 Å². The van der Waals surface area contributed by atoms with Gasteiger partial charge in [-0.15, -0.1) is 0 Å². The number of rotatable bonds is 4. The van der Waals surface area contributed by atoms with Gasteiger partial charge in [-0.1, -0.05) is 0 Å². The van der Waals surface area contributed by atoms with Crippen molar-refractivity contribution in [2.45, 2.75) is 25.9 Å². The van der Waals surface area contributed by atoms with Gasteiger partial charge >= 0.3 is 0 Å². The highest BCUT2D eigenvalue weighted by Crippen LogP contribution is 2.27. The number of anilines is 2. The van der Waals surface area contributed by atoms with Gasteiger partial charge < -0.3 is 15.8 Å². The molecule has 5 heteroatoms. The van der Waals surface area contributed by atoms with Crippen molar-refractivity contribution in [2.24, 2.45) is 0 Å². The fourth-order valence-corrected chi connectivity index (χ4v) is 1.96. The number of nitrogen functional groups attached to an aromatic ring is 1. The molecule has 1 aromatic carbocycles. The normalized spacial score (nSPS) is 11.6. The summed E-state index contributed by atoms with van der Waals surface area (Å²) >= 11 is 0. The van der Waals surface area contributed by atoms with Gasteiger partial charge in [0.25, 0.3) is 0 Å². The van der Waals surface area contributed by atoms with Gasteiger partial charge in [0.05, 0.1) is 28.9 Å². The van der Waals surface area contributed by atoms with Gasteiger partial charge in [0, 0.05) is 18.7 Å². The smallest absolute Gasteiger partial charge is 0.227 e. The Morgan fingerprint density at radius 1 is 1.40 bits per heavy atom. The van der Waals surface area contributed by atoms with Crippen molar-refractivity contribution >= 4 is 28.2 Å². The Morgan fingerprint density at radius 2 is 2.15 bits per heavy atom. The van der Waals surface area contributed by atoms with Crippen LogP contribution in [0.15, 0.2) is 30.5 Å². The molecule has 106 valence electrons. The number of methoxy groups -OCH3 is 1. The lowest BCUT2D eigenvalue weighted by molar-refractivity contribution is -0.121. The quantitative estimate of drug-likeness (QED) is 0.839. The lowest BCUT2D eigenvalue weighted by atomic mass is 10.0. The van der Waals surface area contributed by atoms with Crippen LogP contribution in [0.2, 0.25) is 0 Å². The maximum atomic E-state index is 12.1. The molecule has 5 nitrogen and oxygen atoms in total. The number of hydrogen-bond acceptors (Lipinski definition) is 4. The summed E-state index contributed by atoms with van der Waals surface area (Å²) in [5, 5.41) is 3.72. The zero-order valence-electron chi connectivity index (χ0n) is 11.9. The Bertz CT molecular complexity index is 638. The Balaban J connectivity index is 2.27. The fraction of sp³-hybridized carbons (Fsp3) is 0.333. The van der Waals surface area contributed by atoms with Crippen LogP contribution in [0.5, 0.6) is 0 Å². The second-order valence-electron chi connectivity index (χ2n) is 5.29. The first-order valence-corrected chi connectivity index (χ1v) is 6.41. The van der Waals surface area contributed by atoms with Crippen molar-refractivity contribution in [2.75, 3.05) is 18.2 Å². The van der Waals surface area contributed by atoms with E-state index in [9.17, 15) is 4.79 Å². The van der Waals surface area contributed by atoms with E-state index < -0.39 is 5.60 Å². The molecule has 0 radical (unpaired) electrons. The van der Waals surface area contributed by atoms with Gasteiger partial charge in [-0.3, -0.25) is 9.78 Å². The minimum atomic E-state index is -0.494. The Hall–Kier alpha value is -2.14. The first kappa shape index (κ1) is 14.3. The number of fused-ring (bicyclic) bond motifs is 1. The topological polar surface area (TPSA) is 77.2 Å². The Labute approximate surface area is 118 Å². The third kappa shape index (κ3) is 3.05. The van der Waals surface area contributed by atoms with Crippen molar-refractivity contribution in [3.8, 4) is 0 Å². The first-order chi connectivity index (χ1) is 9.43. The summed E-state index contributed by atoms with van der Waals surface area (Å²) in [6.07, 6.45) is 1.95. The molecule has 2 rings (SSSR count). The number of carbonyl (C=O) groups is 1. The molecule has 0 spiro atoms. The van der Waals surface area contributed by atoms with Gasteiger partial charge in [0.2, 0.25) is 5.91 Å². The number of hydrogen-bond donors (Lipinski definition) is 2. The minimum Gasteiger partial charge on any atom is -0.397 e. The third-order valence-electron chi connectivity index (χ3n) is 3.21. The Morgan fingerprint density at radius 3 is 2.85 bits per heavy atom. The van der Waals surface area contributed by atoms with E-state index in [4.69, 9.17) is 10.5 Å². The van der Waals surface area contributed by atoms with Crippen LogP contribution >= 0.6 is 0 Å². The molecule has 0 saturated carbocycles. The molecule has 0 aliphatic rings. The van der Waals surface area contributed by atoms with Gasteiger partial charge in [0.15, 0.2) is 0 Å². The summed E-state index contributed by atoms with van der Waals surface area (Å²) in [5.41, 5.74) is 7.38. The average Bonchev–Trinajstić information content (AvgIpc) is 2.42. The minimum absolute atomic E-state index is 0.105. The van der Waals surface area contributed by atoms with Gasteiger partial charge in [0.1, 0.15) is 0 Å². The molecular weight excluding hydrogens is 254 g/mol. The summed E-state index contributed by atoms with van der Waals surface area (Å²) in [6.45, 7) is 3.74. The summed E-state index contributed by atoms with van der Waals surface area (Å²) in [6, 6.07) is 7.23. The van der Waals surface area contributed by atoms with E-state index in [2.05, 4.69) is 10.3 Å². The predicted octanol–water partition coefficient (Wildman–Crippen LogP) is 2.57. The lowest BCUT2D eigenvalue weighted by Gasteiger charge is -2.22. The van der Waals surface area contributed by atoms with E-state index in [-0.39, 0.29) is 12.3 Å². The Kier molecular flexibility index (Phi) is 3.90. The van der Waals surface area contributed by atoms with Gasteiger partial charge in [-0.05, 0) is 38.1 Å². The van der Waals surface area contributed by atoms with Crippen molar-refractivity contribution in [1.29, 1.82) is 0 Å². The molecular formula is C15H19N3O2. The molecule has 1 aromatic heterocycles. The van der Waals surface area contributed by atoms with Crippen LogP contribution in [0.3, 0.4) is 0 Å². The van der Waals surface area contributed by atoms with Crippen LogP contribution in [0.4, 0.5) is 11.4 Å².